The predicted octanol–water partition coefficient (Wildman–Crippen LogP) is 3.24. The fourth-order valence-corrected chi connectivity index (χ4v) is 4.80. The fourth-order valence-electron chi connectivity index (χ4n) is 4.80. The molecule has 2 aromatic heterocycles. The van der Waals surface area contributed by atoms with Crippen LogP contribution in [0, 0.1) is 6.92 Å². The molecule has 1 aromatic carbocycles. The summed E-state index contributed by atoms with van der Waals surface area (Å²) in [6.45, 7) is 4.89. The first kappa shape index (κ1) is 19.9. The van der Waals surface area contributed by atoms with E-state index in [9.17, 15) is 4.79 Å². The minimum absolute atomic E-state index is 0.0305. The van der Waals surface area contributed by atoms with Crippen LogP contribution in [-0.2, 0) is 0 Å². The van der Waals surface area contributed by atoms with Gasteiger partial charge in [-0.1, -0.05) is 42.7 Å². The number of furan rings is 1. The monoisotopic (exact) mass is 420 g/mol. The highest BCUT2D eigenvalue weighted by Gasteiger charge is 2.34. The third-order valence-electron chi connectivity index (χ3n) is 6.53. The molecule has 0 radical (unpaired) electrons. The molecule has 1 atom stereocenters. The van der Waals surface area contributed by atoms with E-state index in [2.05, 4.69) is 56.3 Å². The van der Waals surface area contributed by atoms with Gasteiger partial charge in [0.05, 0.1) is 18.3 Å². The van der Waals surface area contributed by atoms with Gasteiger partial charge < -0.3 is 9.32 Å². The van der Waals surface area contributed by atoms with Crippen LogP contribution in [0.15, 0.2) is 47.1 Å². The Balaban J connectivity index is 1.40. The van der Waals surface area contributed by atoms with Gasteiger partial charge in [0, 0.05) is 26.2 Å². The molecule has 1 saturated heterocycles. The van der Waals surface area contributed by atoms with Crippen molar-refractivity contribution < 1.29 is 9.21 Å². The molecule has 0 bridgehead atoms. The highest BCUT2D eigenvalue weighted by Crippen LogP contribution is 2.34. The second-order valence-corrected chi connectivity index (χ2v) is 8.54. The molecule has 0 spiro atoms. The van der Waals surface area contributed by atoms with Crippen LogP contribution in [0.25, 0.3) is 0 Å². The van der Waals surface area contributed by atoms with Crippen molar-refractivity contribution in [2.45, 2.75) is 44.7 Å². The fraction of sp³-hybridized carbons (Fsp3) is 0.478. The van der Waals surface area contributed by atoms with E-state index in [0.29, 0.717) is 24.9 Å². The van der Waals surface area contributed by atoms with Gasteiger partial charge >= 0.3 is 0 Å². The molecular formula is C23H28N6O2. The first-order valence-corrected chi connectivity index (χ1v) is 11.1. The molecule has 2 fully saturated rings. The third-order valence-corrected chi connectivity index (χ3v) is 6.53. The minimum Gasteiger partial charge on any atom is -0.459 e. The number of aryl methyl sites for hydroxylation is 1. The Hall–Kier alpha value is -3.00. The van der Waals surface area contributed by atoms with Gasteiger partial charge in [0.15, 0.2) is 11.6 Å². The first-order valence-electron chi connectivity index (χ1n) is 11.1. The smallest absolute Gasteiger partial charge is 0.289 e. The van der Waals surface area contributed by atoms with Crippen LogP contribution in [0.1, 0.15) is 65.3 Å². The van der Waals surface area contributed by atoms with Gasteiger partial charge in [0.25, 0.3) is 5.91 Å². The molecule has 2 aliphatic rings. The van der Waals surface area contributed by atoms with Crippen LogP contribution in [0.4, 0.5) is 0 Å². The average molecular weight is 421 g/mol. The predicted molar refractivity (Wildman–Crippen MR) is 115 cm³/mol. The number of aromatic nitrogens is 4. The van der Waals surface area contributed by atoms with E-state index in [4.69, 9.17) is 4.42 Å². The second-order valence-electron chi connectivity index (χ2n) is 8.54. The minimum atomic E-state index is -0.0488. The van der Waals surface area contributed by atoms with E-state index >= 15 is 0 Å². The van der Waals surface area contributed by atoms with Gasteiger partial charge in [0.2, 0.25) is 0 Å². The molecule has 0 N–H and O–H groups in total. The van der Waals surface area contributed by atoms with Crippen LogP contribution in [0.5, 0.6) is 0 Å². The zero-order valence-electron chi connectivity index (χ0n) is 17.9. The lowest BCUT2D eigenvalue weighted by Gasteiger charge is -2.39. The number of hydrogen-bond donors (Lipinski definition) is 0. The Kier molecular flexibility index (Phi) is 5.55. The second kappa shape index (κ2) is 8.63. The molecule has 3 heterocycles. The van der Waals surface area contributed by atoms with Crippen LogP contribution in [-0.4, -0.2) is 62.1 Å². The highest BCUT2D eigenvalue weighted by atomic mass is 16.3. The Morgan fingerprint density at radius 3 is 2.48 bits per heavy atom. The van der Waals surface area contributed by atoms with E-state index in [1.807, 2.05) is 4.90 Å². The molecular weight excluding hydrogens is 392 g/mol. The summed E-state index contributed by atoms with van der Waals surface area (Å²) >= 11 is 0. The highest BCUT2D eigenvalue weighted by molar-refractivity contribution is 5.91. The summed E-state index contributed by atoms with van der Waals surface area (Å²) in [5, 5.41) is 12.9. The van der Waals surface area contributed by atoms with Crippen LogP contribution in [0.3, 0.4) is 0 Å². The number of benzene rings is 1. The Labute approximate surface area is 181 Å². The summed E-state index contributed by atoms with van der Waals surface area (Å²) in [4.78, 5) is 16.9. The maximum Gasteiger partial charge on any atom is 0.289 e. The van der Waals surface area contributed by atoms with Gasteiger partial charge in [-0.05, 0) is 47.9 Å². The lowest BCUT2D eigenvalue weighted by atomic mass is 10.0. The summed E-state index contributed by atoms with van der Waals surface area (Å²) in [7, 11) is 0. The van der Waals surface area contributed by atoms with Crippen LogP contribution >= 0.6 is 0 Å². The average Bonchev–Trinajstić information content (AvgIpc) is 3.57. The van der Waals surface area contributed by atoms with E-state index in [0.717, 1.165) is 31.8 Å². The molecule has 31 heavy (non-hydrogen) atoms. The molecule has 8 heteroatoms. The number of carbonyl (C=O) groups excluding carboxylic acids is 1. The van der Waals surface area contributed by atoms with Gasteiger partial charge in [-0.25, -0.2) is 4.68 Å². The molecule has 5 rings (SSSR count). The number of amides is 1. The molecule has 1 saturated carbocycles. The lowest BCUT2D eigenvalue weighted by molar-refractivity contribution is 0.0558. The molecule has 1 aliphatic heterocycles. The van der Waals surface area contributed by atoms with Crippen molar-refractivity contribution in [1.29, 1.82) is 0 Å². The lowest BCUT2D eigenvalue weighted by Crippen LogP contribution is -2.50. The summed E-state index contributed by atoms with van der Waals surface area (Å²) in [6, 6.07) is 12.4. The zero-order valence-corrected chi connectivity index (χ0v) is 17.9. The number of piperazine rings is 1. The van der Waals surface area contributed by atoms with E-state index in [-0.39, 0.29) is 11.9 Å². The van der Waals surface area contributed by atoms with Gasteiger partial charge in [-0.3, -0.25) is 9.69 Å². The molecule has 1 aliphatic carbocycles. The number of nitrogens with zero attached hydrogens (tertiary/aromatic N) is 6. The largest absolute Gasteiger partial charge is 0.459 e. The van der Waals surface area contributed by atoms with Crippen molar-refractivity contribution in [1.82, 2.24) is 30.0 Å². The van der Waals surface area contributed by atoms with E-state index in [1.54, 1.807) is 18.4 Å². The maximum atomic E-state index is 12.7. The van der Waals surface area contributed by atoms with Gasteiger partial charge in [0.1, 0.15) is 0 Å². The number of rotatable bonds is 5. The first-order chi connectivity index (χ1) is 15.2. The topological polar surface area (TPSA) is 80.3 Å². The van der Waals surface area contributed by atoms with Crippen LogP contribution < -0.4 is 0 Å². The Morgan fingerprint density at radius 2 is 1.81 bits per heavy atom. The van der Waals surface area contributed by atoms with Crippen LogP contribution in [0.2, 0.25) is 0 Å². The number of carbonyl (C=O) groups is 1. The van der Waals surface area contributed by atoms with Crippen molar-refractivity contribution in [3.05, 3.63) is 65.4 Å². The van der Waals surface area contributed by atoms with Crippen molar-refractivity contribution in [3.63, 3.8) is 0 Å². The summed E-state index contributed by atoms with van der Waals surface area (Å²) in [6.07, 6.45) is 6.26. The van der Waals surface area contributed by atoms with Crippen molar-refractivity contribution in [3.8, 4) is 0 Å². The molecule has 8 nitrogen and oxygen atoms in total. The zero-order chi connectivity index (χ0) is 21.2. The summed E-state index contributed by atoms with van der Waals surface area (Å²) in [5.74, 6) is 1.25. The molecule has 162 valence electrons. The summed E-state index contributed by atoms with van der Waals surface area (Å²) in [5.41, 5.74) is 2.41. The maximum absolute atomic E-state index is 12.7. The third kappa shape index (κ3) is 3.99. The van der Waals surface area contributed by atoms with Gasteiger partial charge in [-0.2, -0.15) is 0 Å². The summed E-state index contributed by atoms with van der Waals surface area (Å²) < 4.78 is 7.35. The molecule has 3 aromatic rings. The molecule has 1 amide bonds. The van der Waals surface area contributed by atoms with E-state index in [1.165, 1.54) is 24.0 Å². The Morgan fingerprint density at radius 1 is 1.06 bits per heavy atom. The Bertz CT molecular complexity index is 999. The quantitative estimate of drug-likeness (QED) is 0.630. The van der Waals surface area contributed by atoms with E-state index < -0.39 is 0 Å². The number of tetrazole rings is 1. The van der Waals surface area contributed by atoms with Crippen molar-refractivity contribution in [2.75, 3.05) is 26.2 Å². The van der Waals surface area contributed by atoms with Gasteiger partial charge in [-0.15, -0.1) is 5.10 Å². The number of hydrogen-bond acceptors (Lipinski definition) is 6. The van der Waals surface area contributed by atoms with Crippen molar-refractivity contribution >= 4 is 5.91 Å². The van der Waals surface area contributed by atoms with Crippen molar-refractivity contribution in [2.24, 2.45) is 0 Å². The standard InChI is InChI=1S/C23H28N6O2/c1-17-8-10-18(11-9-17)21(22-24-25-26-29(22)19-5-2-3-6-19)27-12-14-28(15-13-27)23(30)20-7-4-16-31-20/h4,7-11,16,19,21H,2-3,5-6,12-15H2,1H3/t21-/m1/s1. The SMILES string of the molecule is Cc1ccc([C@H](c2nnnn2C2CCCC2)N2CCN(C(=O)c3ccco3)CC2)cc1. The normalized spacial score (nSPS) is 19.1. The molecule has 0 unspecified atom stereocenters.